The Hall–Kier alpha value is -3.50. The van der Waals surface area contributed by atoms with Gasteiger partial charge in [-0.3, -0.25) is 4.98 Å². The second-order valence-electron chi connectivity index (χ2n) is 4.30. The molecule has 0 saturated carbocycles. The fourth-order valence-corrected chi connectivity index (χ4v) is 1.87. The monoisotopic (exact) mass is 410 g/mol. The molecule has 1 radical (unpaired) electrons. The van der Waals surface area contributed by atoms with E-state index in [2.05, 4.69) is 9.97 Å². The molecule has 2 heterocycles. The Bertz CT molecular complexity index is 845. The van der Waals surface area contributed by atoms with Crippen molar-refractivity contribution in [2.45, 2.75) is 0 Å². The Kier molecular flexibility index (Phi) is 9.63. The first-order valence-electron chi connectivity index (χ1n) is 6.54. The van der Waals surface area contributed by atoms with E-state index in [1.807, 2.05) is 48.5 Å². The van der Waals surface area contributed by atoms with Gasteiger partial charge in [-0.1, -0.05) is 30.3 Å². The zero-order chi connectivity index (χ0) is 18.8. The van der Waals surface area contributed by atoms with Gasteiger partial charge in [0.2, 0.25) is 0 Å². The van der Waals surface area contributed by atoms with Gasteiger partial charge < -0.3 is 16.1 Å². The van der Waals surface area contributed by atoms with Crippen molar-refractivity contribution in [3.8, 4) is 11.4 Å². The van der Waals surface area contributed by atoms with Crippen molar-refractivity contribution in [3.63, 3.8) is 0 Å². The van der Waals surface area contributed by atoms with Crippen LogP contribution in [0.15, 0.2) is 54.7 Å². The molecule has 3 rings (SSSR count). The summed E-state index contributed by atoms with van der Waals surface area (Å²) < 4.78 is 0. The smallest absolute Gasteiger partial charge is 0.291 e. The molecule has 0 aliphatic heterocycles. The molecule has 3 aromatic rings. The van der Waals surface area contributed by atoms with E-state index in [0.717, 1.165) is 22.2 Å². The van der Waals surface area contributed by atoms with Gasteiger partial charge in [0.05, 0.1) is 11.4 Å². The molecular weight excluding hydrogens is 398 g/mol. The van der Waals surface area contributed by atoms with E-state index in [1.54, 1.807) is 6.20 Å². The standard InChI is InChI=1S/C14H11N3.Cu.2HNO3/c15-14-11-6-2-1-5-10(11)9-13(17-14)12-7-3-4-8-16-12;;2*2-1(3)4/h1-9H,(H2,15,17);;2*(H,2,3,4). The average molecular weight is 411 g/mol. The molecule has 0 aliphatic rings. The van der Waals surface area contributed by atoms with Gasteiger partial charge >= 0.3 is 0 Å². The molecular formula is C14H13CuN5O6. The number of anilines is 1. The Labute approximate surface area is 156 Å². The summed E-state index contributed by atoms with van der Waals surface area (Å²) in [4.78, 5) is 25.4. The van der Waals surface area contributed by atoms with Gasteiger partial charge in [-0.2, -0.15) is 0 Å². The molecule has 1 aromatic carbocycles. The summed E-state index contributed by atoms with van der Waals surface area (Å²) >= 11 is 0. The van der Waals surface area contributed by atoms with Crippen molar-refractivity contribution in [2.24, 2.45) is 0 Å². The van der Waals surface area contributed by atoms with E-state index < -0.39 is 10.2 Å². The summed E-state index contributed by atoms with van der Waals surface area (Å²) in [7, 11) is 0. The minimum absolute atomic E-state index is 0. The van der Waals surface area contributed by atoms with E-state index in [0.29, 0.717) is 5.82 Å². The second-order valence-corrected chi connectivity index (χ2v) is 4.30. The Morgan fingerprint density at radius 2 is 1.46 bits per heavy atom. The number of fused-ring (bicyclic) bond motifs is 1. The summed E-state index contributed by atoms with van der Waals surface area (Å²) in [6.45, 7) is 0. The number of aromatic nitrogens is 2. The van der Waals surface area contributed by atoms with Gasteiger partial charge in [-0.05, 0) is 23.6 Å². The Balaban J connectivity index is 0.000000596. The normalized spacial score (nSPS) is 8.77. The number of hydrogen-bond donors (Lipinski definition) is 3. The molecule has 4 N–H and O–H groups in total. The van der Waals surface area contributed by atoms with Crippen LogP contribution in [-0.2, 0) is 17.1 Å². The predicted octanol–water partition coefficient (Wildman–Crippen LogP) is 2.18. The third-order valence-corrected chi connectivity index (χ3v) is 2.70. The SMILES string of the molecule is Nc1nc(-c2ccccn2)cc2ccccc12.O=[N+]([O-])O.O=[N+]([O-])O.[Cu]. The van der Waals surface area contributed by atoms with E-state index in [-0.39, 0.29) is 17.1 Å². The molecule has 0 aliphatic carbocycles. The minimum atomic E-state index is -1.50. The molecule has 0 atom stereocenters. The summed E-state index contributed by atoms with van der Waals surface area (Å²) in [5.41, 5.74) is 7.60. The van der Waals surface area contributed by atoms with Crippen molar-refractivity contribution < 1.29 is 37.7 Å². The maximum atomic E-state index is 8.36. The van der Waals surface area contributed by atoms with Crippen LogP contribution in [0.4, 0.5) is 5.82 Å². The van der Waals surface area contributed by atoms with Crippen LogP contribution >= 0.6 is 0 Å². The number of pyridine rings is 2. The van der Waals surface area contributed by atoms with Crippen molar-refractivity contribution in [3.05, 3.63) is 75.0 Å². The summed E-state index contributed by atoms with van der Waals surface area (Å²) in [5, 5.41) is 29.3. The first-order valence-corrected chi connectivity index (χ1v) is 6.54. The van der Waals surface area contributed by atoms with Crippen LogP contribution in [0, 0.1) is 20.2 Å². The van der Waals surface area contributed by atoms with Gasteiger partial charge in [0.25, 0.3) is 10.2 Å². The van der Waals surface area contributed by atoms with Crippen LogP contribution in [0.1, 0.15) is 0 Å². The molecule has 26 heavy (non-hydrogen) atoms. The zero-order valence-corrected chi connectivity index (χ0v) is 13.8. The van der Waals surface area contributed by atoms with Crippen molar-refractivity contribution >= 4 is 16.6 Å². The predicted molar refractivity (Wildman–Crippen MR) is 86.9 cm³/mol. The van der Waals surface area contributed by atoms with Gasteiger partial charge in [-0.25, -0.2) is 4.98 Å². The van der Waals surface area contributed by atoms with Gasteiger partial charge in [0.1, 0.15) is 5.82 Å². The summed E-state index contributed by atoms with van der Waals surface area (Å²) in [5.74, 6) is 0.545. The van der Waals surface area contributed by atoms with Gasteiger partial charge in [0.15, 0.2) is 0 Å². The van der Waals surface area contributed by atoms with Crippen LogP contribution in [0.25, 0.3) is 22.2 Å². The molecule has 0 fully saturated rings. The number of nitrogens with two attached hydrogens (primary N) is 1. The van der Waals surface area contributed by atoms with Gasteiger partial charge in [-0.15, -0.1) is 20.2 Å². The largest absolute Gasteiger partial charge is 0.383 e. The van der Waals surface area contributed by atoms with Crippen molar-refractivity contribution in [1.82, 2.24) is 9.97 Å². The molecule has 0 saturated heterocycles. The van der Waals surface area contributed by atoms with Crippen molar-refractivity contribution in [1.29, 1.82) is 0 Å². The van der Waals surface area contributed by atoms with Crippen LogP contribution in [0.2, 0.25) is 0 Å². The first-order chi connectivity index (χ1) is 11.8. The number of nitrogen functional groups attached to an aromatic ring is 1. The average Bonchev–Trinajstić information content (AvgIpc) is 2.55. The summed E-state index contributed by atoms with van der Waals surface area (Å²) in [6, 6.07) is 15.7. The van der Waals surface area contributed by atoms with E-state index in [4.69, 9.17) is 36.4 Å². The maximum Gasteiger partial charge on any atom is 0.291 e. The first kappa shape index (κ1) is 22.5. The van der Waals surface area contributed by atoms with Crippen LogP contribution in [-0.4, -0.2) is 30.6 Å². The second kappa shape index (κ2) is 11.1. The number of benzene rings is 1. The van der Waals surface area contributed by atoms with Gasteiger partial charge in [0, 0.05) is 28.7 Å². The zero-order valence-electron chi connectivity index (χ0n) is 12.9. The number of nitrogens with zero attached hydrogens (tertiary/aromatic N) is 4. The molecule has 0 unspecified atom stereocenters. The fourth-order valence-electron chi connectivity index (χ4n) is 1.87. The number of rotatable bonds is 1. The van der Waals surface area contributed by atoms with Crippen molar-refractivity contribution in [2.75, 3.05) is 5.73 Å². The third kappa shape index (κ3) is 7.86. The van der Waals surface area contributed by atoms with E-state index in [1.165, 1.54) is 0 Å². The molecule has 11 nitrogen and oxygen atoms in total. The molecule has 141 valence electrons. The Morgan fingerprint density at radius 3 is 2.00 bits per heavy atom. The van der Waals surface area contributed by atoms with E-state index >= 15 is 0 Å². The molecule has 2 aromatic heterocycles. The minimum Gasteiger partial charge on any atom is -0.383 e. The molecule has 0 amide bonds. The quantitative estimate of drug-likeness (QED) is 0.308. The summed E-state index contributed by atoms with van der Waals surface area (Å²) in [6.07, 6.45) is 1.75. The van der Waals surface area contributed by atoms with Crippen LogP contribution in [0.5, 0.6) is 0 Å². The number of hydrogen-bond acceptors (Lipinski definition) is 7. The topological polar surface area (TPSA) is 179 Å². The van der Waals surface area contributed by atoms with E-state index in [9.17, 15) is 0 Å². The fraction of sp³-hybridized carbons (Fsp3) is 0. The maximum absolute atomic E-state index is 8.36. The molecule has 0 spiro atoms. The Morgan fingerprint density at radius 1 is 0.923 bits per heavy atom. The van der Waals surface area contributed by atoms with Crippen LogP contribution in [0.3, 0.4) is 0 Å². The molecule has 0 bridgehead atoms. The molecule has 12 heteroatoms. The third-order valence-electron chi connectivity index (χ3n) is 2.70. The van der Waals surface area contributed by atoms with Crippen LogP contribution < -0.4 is 5.73 Å².